The quantitative estimate of drug-likeness (QED) is 0.664. The fraction of sp³-hybridized carbons (Fsp3) is 0.929. The molecule has 19 heavy (non-hydrogen) atoms. The maximum Gasteiger partial charge on any atom is 0.315 e. The zero-order valence-corrected chi connectivity index (χ0v) is 12.6. The van der Waals surface area contributed by atoms with E-state index in [0.717, 1.165) is 19.3 Å². The van der Waals surface area contributed by atoms with Crippen molar-refractivity contribution < 1.29 is 14.6 Å². The van der Waals surface area contributed by atoms with Gasteiger partial charge < -0.3 is 20.5 Å². The Labute approximate surface area is 116 Å². The molecule has 1 saturated carbocycles. The van der Waals surface area contributed by atoms with Gasteiger partial charge in [0.2, 0.25) is 0 Å². The lowest BCUT2D eigenvalue weighted by Gasteiger charge is -2.47. The van der Waals surface area contributed by atoms with Crippen molar-refractivity contribution in [2.24, 2.45) is 11.3 Å². The molecule has 0 aromatic rings. The highest BCUT2D eigenvalue weighted by molar-refractivity contribution is 5.74. The summed E-state index contributed by atoms with van der Waals surface area (Å²) in [6.45, 7) is 7.51. The predicted octanol–water partition coefficient (Wildman–Crippen LogP) is 1.51. The number of methoxy groups -OCH3 is 1. The standard InChI is InChI=1S/C14H28N2O3/c1-11-7-13(2,3)9-14(8-11,10-17)16-12(18)15-5-6-19-4/h11,17H,5-10H2,1-4H3,(H2,15,16,18). The lowest BCUT2D eigenvalue weighted by atomic mass is 9.64. The summed E-state index contributed by atoms with van der Waals surface area (Å²) in [5.74, 6) is 0.496. The van der Waals surface area contributed by atoms with Gasteiger partial charge in [-0.1, -0.05) is 20.8 Å². The van der Waals surface area contributed by atoms with E-state index in [1.165, 1.54) is 0 Å². The van der Waals surface area contributed by atoms with Crippen LogP contribution in [0.3, 0.4) is 0 Å². The van der Waals surface area contributed by atoms with Crippen molar-refractivity contribution in [3.05, 3.63) is 0 Å². The largest absolute Gasteiger partial charge is 0.394 e. The molecule has 2 unspecified atom stereocenters. The Morgan fingerprint density at radius 2 is 2.11 bits per heavy atom. The molecule has 1 rings (SSSR count). The summed E-state index contributed by atoms with van der Waals surface area (Å²) in [4.78, 5) is 11.9. The monoisotopic (exact) mass is 272 g/mol. The van der Waals surface area contributed by atoms with E-state index in [4.69, 9.17) is 4.74 Å². The van der Waals surface area contributed by atoms with E-state index in [1.807, 2.05) is 0 Å². The summed E-state index contributed by atoms with van der Waals surface area (Å²) >= 11 is 0. The minimum atomic E-state index is -0.502. The molecule has 0 aromatic heterocycles. The number of amides is 2. The van der Waals surface area contributed by atoms with Crippen LogP contribution in [-0.4, -0.2) is 43.5 Å². The summed E-state index contributed by atoms with van der Waals surface area (Å²) in [6, 6.07) is -0.226. The second-order valence-electron chi connectivity index (χ2n) is 6.67. The first-order valence-corrected chi connectivity index (χ1v) is 6.98. The van der Waals surface area contributed by atoms with Crippen LogP contribution in [0.4, 0.5) is 4.79 Å². The van der Waals surface area contributed by atoms with Gasteiger partial charge in [0, 0.05) is 13.7 Å². The first-order valence-electron chi connectivity index (χ1n) is 6.98. The van der Waals surface area contributed by atoms with Crippen LogP contribution in [0.2, 0.25) is 0 Å². The SMILES string of the molecule is COCCNC(=O)NC1(CO)CC(C)CC(C)(C)C1. The van der Waals surface area contributed by atoms with Crippen molar-refractivity contribution in [2.45, 2.75) is 45.6 Å². The zero-order chi connectivity index (χ0) is 14.5. The molecule has 0 bridgehead atoms. The highest BCUT2D eigenvalue weighted by Gasteiger charge is 2.43. The Morgan fingerprint density at radius 1 is 1.42 bits per heavy atom. The van der Waals surface area contributed by atoms with Crippen LogP contribution < -0.4 is 10.6 Å². The highest BCUT2D eigenvalue weighted by atomic mass is 16.5. The fourth-order valence-electron chi connectivity index (χ4n) is 3.55. The molecule has 1 aliphatic carbocycles. The number of urea groups is 1. The maximum absolute atomic E-state index is 11.9. The maximum atomic E-state index is 11.9. The van der Waals surface area contributed by atoms with Crippen LogP contribution in [0.1, 0.15) is 40.0 Å². The smallest absolute Gasteiger partial charge is 0.315 e. The zero-order valence-electron chi connectivity index (χ0n) is 12.6. The van der Waals surface area contributed by atoms with Gasteiger partial charge in [0.15, 0.2) is 0 Å². The lowest BCUT2D eigenvalue weighted by molar-refractivity contribution is 0.0431. The third kappa shape index (κ3) is 4.99. The van der Waals surface area contributed by atoms with Crippen LogP contribution in [0.25, 0.3) is 0 Å². The van der Waals surface area contributed by atoms with Gasteiger partial charge in [0.1, 0.15) is 0 Å². The van der Waals surface area contributed by atoms with Crippen LogP contribution in [-0.2, 0) is 4.74 Å². The van der Waals surface area contributed by atoms with E-state index in [-0.39, 0.29) is 18.1 Å². The Bertz CT molecular complexity index is 307. The van der Waals surface area contributed by atoms with E-state index < -0.39 is 5.54 Å². The van der Waals surface area contributed by atoms with Gasteiger partial charge in [-0.05, 0) is 30.6 Å². The average molecular weight is 272 g/mol. The number of ether oxygens (including phenoxy) is 1. The molecule has 5 nitrogen and oxygen atoms in total. The van der Waals surface area contributed by atoms with Crippen molar-refractivity contribution in [1.82, 2.24) is 10.6 Å². The van der Waals surface area contributed by atoms with Crippen molar-refractivity contribution >= 4 is 6.03 Å². The minimum Gasteiger partial charge on any atom is -0.394 e. The summed E-state index contributed by atoms with van der Waals surface area (Å²) in [5.41, 5.74) is -0.363. The van der Waals surface area contributed by atoms with Crippen molar-refractivity contribution in [3.63, 3.8) is 0 Å². The highest BCUT2D eigenvalue weighted by Crippen LogP contribution is 2.43. The molecule has 0 radical (unpaired) electrons. The Hall–Kier alpha value is -0.810. The van der Waals surface area contributed by atoms with Gasteiger partial charge in [-0.15, -0.1) is 0 Å². The molecule has 0 aliphatic heterocycles. The fourth-order valence-corrected chi connectivity index (χ4v) is 3.55. The molecule has 0 saturated heterocycles. The molecule has 2 atom stereocenters. The van der Waals surface area contributed by atoms with Crippen molar-refractivity contribution in [3.8, 4) is 0 Å². The minimum absolute atomic E-state index is 0.0154. The topological polar surface area (TPSA) is 70.6 Å². The summed E-state index contributed by atoms with van der Waals surface area (Å²) in [6.07, 6.45) is 2.75. The van der Waals surface area contributed by atoms with E-state index >= 15 is 0 Å². The lowest BCUT2D eigenvalue weighted by Crippen LogP contribution is -2.59. The second-order valence-corrected chi connectivity index (χ2v) is 6.67. The third-order valence-electron chi connectivity index (χ3n) is 3.73. The van der Waals surface area contributed by atoms with Crippen LogP contribution in [0, 0.1) is 11.3 Å². The molecule has 0 aromatic carbocycles. The molecule has 1 fully saturated rings. The molecule has 1 aliphatic rings. The molecule has 0 spiro atoms. The predicted molar refractivity (Wildman–Crippen MR) is 75.0 cm³/mol. The van der Waals surface area contributed by atoms with E-state index in [2.05, 4.69) is 31.4 Å². The van der Waals surface area contributed by atoms with E-state index in [1.54, 1.807) is 7.11 Å². The molecule has 2 amide bonds. The normalized spacial score (nSPS) is 29.8. The van der Waals surface area contributed by atoms with Gasteiger partial charge >= 0.3 is 6.03 Å². The number of hydrogen-bond acceptors (Lipinski definition) is 3. The number of carbonyl (C=O) groups is 1. The first kappa shape index (κ1) is 16.2. The number of nitrogens with one attached hydrogen (secondary N) is 2. The second kappa shape index (κ2) is 6.57. The van der Waals surface area contributed by atoms with E-state index in [9.17, 15) is 9.90 Å². The summed E-state index contributed by atoms with van der Waals surface area (Å²) in [5, 5.41) is 15.5. The molecular weight excluding hydrogens is 244 g/mol. The molecule has 5 heteroatoms. The average Bonchev–Trinajstić information content (AvgIpc) is 2.26. The van der Waals surface area contributed by atoms with Crippen LogP contribution in [0.15, 0.2) is 0 Å². The molecule has 0 heterocycles. The van der Waals surface area contributed by atoms with Crippen LogP contribution >= 0.6 is 0 Å². The van der Waals surface area contributed by atoms with E-state index in [0.29, 0.717) is 19.1 Å². The van der Waals surface area contributed by atoms with Gasteiger partial charge in [-0.2, -0.15) is 0 Å². The van der Waals surface area contributed by atoms with Crippen LogP contribution in [0.5, 0.6) is 0 Å². The summed E-state index contributed by atoms with van der Waals surface area (Å²) in [7, 11) is 1.60. The third-order valence-corrected chi connectivity index (χ3v) is 3.73. The summed E-state index contributed by atoms with van der Waals surface area (Å²) < 4.78 is 4.89. The molecule has 3 N–H and O–H groups in total. The number of hydrogen-bond donors (Lipinski definition) is 3. The Balaban J connectivity index is 2.61. The molecule has 112 valence electrons. The van der Waals surface area contributed by atoms with Gasteiger partial charge in [0.05, 0.1) is 18.8 Å². The first-order chi connectivity index (χ1) is 8.82. The van der Waals surface area contributed by atoms with Gasteiger partial charge in [-0.25, -0.2) is 4.79 Å². The number of aliphatic hydroxyl groups excluding tert-OH is 1. The van der Waals surface area contributed by atoms with Crippen molar-refractivity contribution in [1.29, 1.82) is 0 Å². The Kier molecular flexibility index (Phi) is 5.62. The van der Waals surface area contributed by atoms with Crippen molar-refractivity contribution in [2.75, 3.05) is 26.9 Å². The number of rotatable bonds is 5. The number of aliphatic hydroxyl groups is 1. The van der Waals surface area contributed by atoms with Gasteiger partial charge in [0.25, 0.3) is 0 Å². The Morgan fingerprint density at radius 3 is 2.63 bits per heavy atom. The van der Waals surface area contributed by atoms with Gasteiger partial charge in [-0.3, -0.25) is 0 Å². The molecular formula is C14H28N2O3. The number of carbonyl (C=O) groups excluding carboxylic acids is 1.